The molecule has 2 unspecified atom stereocenters. The van der Waals surface area contributed by atoms with Gasteiger partial charge >= 0.3 is 0 Å². The van der Waals surface area contributed by atoms with E-state index >= 15 is 0 Å². The molecule has 0 heterocycles. The molecule has 0 fully saturated rings. The second-order valence-electron chi connectivity index (χ2n) is 7.47. The van der Waals surface area contributed by atoms with Crippen molar-refractivity contribution < 1.29 is 0 Å². The zero-order chi connectivity index (χ0) is 17.2. The van der Waals surface area contributed by atoms with Crippen molar-refractivity contribution in [3.63, 3.8) is 0 Å². The summed E-state index contributed by atoms with van der Waals surface area (Å²) in [5.41, 5.74) is 12.0. The van der Waals surface area contributed by atoms with Crippen LogP contribution in [0.25, 0.3) is 0 Å². The Morgan fingerprint density at radius 3 is 1.17 bits per heavy atom. The average molecular weight is 327 g/mol. The smallest absolute Gasteiger partial charge is 0.0192 e. The minimum absolute atomic E-state index is 0.196. The van der Waals surface area contributed by atoms with Crippen LogP contribution in [0.1, 0.15) is 123 Å². The molecule has 0 aliphatic rings. The normalized spacial score (nSPS) is 14.1. The van der Waals surface area contributed by atoms with Gasteiger partial charge in [0.2, 0.25) is 0 Å². The molecule has 23 heavy (non-hydrogen) atoms. The van der Waals surface area contributed by atoms with Gasteiger partial charge in [-0.1, -0.05) is 110 Å². The van der Waals surface area contributed by atoms with Crippen molar-refractivity contribution in [1.82, 2.24) is 0 Å². The van der Waals surface area contributed by atoms with E-state index in [0.29, 0.717) is 0 Å². The fraction of sp³-hybridized carbons (Fsp3) is 1.00. The summed E-state index contributed by atoms with van der Waals surface area (Å²) >= 11 is 0. The second-order valence-corrected chi connectivity index (χ2v) is 7.47. The Labute approximate surface area is 147 Å². The Morgan fingerprint density at radius 2 is 0.826 bits per heavy atom. The van der Waals surface area contributed by atoms with E-state index in [1.165, 1.54) is 96.3 Å². The van der Waals surface area contributed by atoms with Crippen molar-refractivity contribution in [2.45, 2.75) is 135 Å². The predicted octanol–water partition coefficient (Wildman–Crippen LogP) is 6.31. The molecule has 0 spiro atoms. The molecular weight excluding hydrogens is 280 g/mol. The predicted molar refractivity (Wildman–Crippen MR) is 106 cm³/mol. The average Bonchev–Trinajstić information content (AvgIpc) is 2.57. The van der Waals surface area contributed by atoms with Crippen molar-refractivity contribution in [2.75, 3.05) is 0 Å². The first kappa shape index (κ1) is 22.9. The maximum absolute atomic E-state index is 6.06. The number of hydrogen-bond donors (Lipinski definition) is 2. The quantitative estimate of drug-likeness (QED) is 0.290. The Balaban J connectivity index is 3.08. The van der Waals surface area contributed by atoms with E-state index < -0.39 is 0 Å². The van der Waals surface area contributed by atoms with Gasteiger partial charge in [0.05, 0.1) is 0 Å². The van der Waals surface area contributed by atoms with E-state index in [0.717, 1.165) is 12.8 Å². The Hall–Kier alpha value is -0.0800. The van der Waals surface area contributed by atoms with Gasteiger partial charge < -0.3 is 11.5 Å². The molecule has 0 bridgehead atoms. The third-order valence-electron chi connectivity index (χ3n) is 5.16. The van der Waals surface area contributed by atoms with Crippen LogP contribution in [0.15, 0.2) is 0 Å². The lowest BCUT2D eigenvalue weighted by atomic mass is 9.99. The molecule has 0 rings (SSSR count). The van der Waals surface area contributed by atoms with E-state index in [2.05, 4.69) is 13.8 Å². The molecule has 2 nitrogen and oxygen atoms in total. The van der Waals surface area contributed by atoms with E-state index in [9.17, 15) is 0 Å². The molecule has 0 saturated heterocycles. The molecular formula is C21H46N2. The third-order valence-corrected chi connectivity index (χ3v) is 5.16. The lowest BCUT2D eigenvalue weighted by Gasteiger charge is -2.17. The maximum atomic E-state index is 6.06. The summed E-state index contributed by atoms with van der Waals surface area (Å²) in [4.78, 5) is 0. The largest absolute Gasteiger partial charge is 0.326 e. The molecule has 2 heteroatoms. The van der Waals surface area contributed by atoms with Gasteiger partial charge in [0.1, 0.15) is 0 Å². The molecule has 4 N–H and O–H groups in total. The minimum Gasteiger partial charge on any atom is -0.326 e. The fourth-order valence-corrected chi connectivity index (χ4v) is 3.27. The van der Waals surface area contributed by atoms with Crippen LogP contribution in [-0.4, -0.2) is 12.1 Å². The number of nitrogens with two attached hydrogens (primary N) is 2. The zero-order valence-electron chi connectivity index (χ0n) is 16.3. The molecule has 140 valence electrons. The van der Waals surface area contributed by atoms with Crippen molar-refractivity contribution in [3.8, 4) is 0 Å². The number of hydrogen-bond acceptors (Lipinski definition) is 2. The summed E-state index contributed by atoms with van der Waals surface area (Å²) < 4.78 is 0. The van der Waals surface area contributed by atoms with Crippen LogP contribution in [0.2, 0.25) is 0 Å². The zero-order valence-corrected chi connectivity index (χ0v) is 16.3. The van der Waals surface area contributed by atoms with E-state index in [1.54, 1.807) is 0 Å². The first-order chi connectivity index (χ1) is 11.2. The third kappa shape index (κ3) is 16.6. The van der Waals surface area contributed by atoms with Crippen LogP contribution in [0, 0.1) is 0 Å². The van der Waals surface area contributed by atoms with E-state index in [-0.39, 0.29) is 12.1 Å². The molecule has 0 aromatic rings. The summed E-state index contributed by atoms with van der Waals surface area (Å²) in [5.74, 6) is 0. The number of unbranched alkanes of at least 4 members (excludes halogenated alkanes) is 14. The molecule has 2 atom stereocenters. The first-order valence-electron chi connectivity index (χ1n) is 10.7. The van der Waals surface area contributed by atoms with E-state index in [4.69, 9.17) is 11.5 Å². The highest BCUT2D eigenvalue weighted by molar-refractivity contribution is 4.74. The van der Waals surface area contributed by atoms with Crippen molar-refractivity contribution in [1.29, 1.82) is 0 Å². The SMILES string of the molecule is CCCCCCCCCCCCCCCCCC(N)C(N)CC. The highest BCUT2D eigenvalue weighted by Crippen LogP contribution is 2.14. The van der Waals surface area contributed by atoms with Crippen LogP contribution in [-0.2, 0) is 0 Å². The number of rotatable bonds is 18. The lowest BCUT2D eigenvalue weighted by molar-refractivity contribution is 0.455. The molecule has 0 aliphatic carbocycles. The second kappa shape index (κ2) is 18.3. The van der Waals surface area contributed by atoms with Crippen LogP contribution >= 0.6 is 0 Å². The van der Waals surface area contributed by atoms with Crippen molar-refractivity contribution >= 4 is 0 Å². The summed E-state index contributed by atoms with van der Waals surface area (Å²) in [5, 5.41) is 0. The van der Waals surface area contributed by atoms with Gasteiger partial charge in [-0.2, -0.15) is 0 Å². The summed E-state index contributed by atoms with van der Waals surface area (Å²) in [7, 11) is 0. The molecule has 0 saturated carbocycles. The van der Waals surface area contributed by atoms with Crippen LogP contribution in [0.3, 0.4) is 0 Å². The van der Waals surface area contributed by atoms with Gasteiger partial charge in [-0.3, -0.25) is 0 Å². The standard InChI is InChI=1S/C21H46N2/c1-3-5-6-7-8-9-10-11-12-13-14-15-16-17-18-19-21(23)20(22)4-2/h20-21H,3-19,22-23H2,1-2H3. The minimum atomic E-state index is 0.196. The topological polar surface area (TPSA) is 52.0 Å². The van der Waals surface area contributed by atoms with Gasteiger partial charge in [-0.25, -0.2) is 0 Å². The monoisotopic (exact) mass is 326 g/mol. The molecule has 0 aliphatic heterocycles. The van der Waals surface area contributed by atoms with Gasteiger partial charge in [0, 0.05) is 12.1 Å². The lowest BCUT2D eigenvalue weighted by Crippen LogP contribution is -2.40. The molecule has 0 aromatic carbocycles. The highest BCUT2D eigenvalue weighted by Gasteiger charge is 2.09. The summed E-state index contributed by atoms with van der Waals surface area (Å²) in [6, 6.07) is 0.406. The Bertz CT molecular complexity index is 218. The Kier molecular flexibility index (Phi) is 18.2. The maximum Gasteiger partial charge on any atom is 0.0192 e. The van der Waals surface area contributed by atoms with Crippen molar-refractivity contribution in [2.24, 2.45) is 11.5 Å². The van der Waals surface area contributed by atoms with Crippen LogP contribution in [0.5, 0.6) is 0 Å². The highest BCUT2D eigenvalue weighted by atomic mass is 14.8. The first-order valence-corrected chi connectivity index (χ1v) is 10.7. The molecule has 0 amide bonds. The van der Waals surface area contributed by atoms with Gasteiger partial charge in [-0.15, -0.1) is 0 Å². The van der Waals surface area contributed by atoms with Crippen molar-refractivity contribution in [3.05, 3.63) is 0 Å². The van der Waals surface area contributed by atoms with Crippen LogP contribution < -0.4 is 11.5 Å². The fourth-order valence-electron chi connectivity index (χ4n) is 3.27. The van der Waals surface area contributed by atoms with Gasteiger partial charge in [0.15, 0.2) is 0 Å². The molecule has 0 radical (unpaired) electrons. The Morgan fingerprint density at radius 1 is 0.478 bits per heavy atom. The summed E-state index contributed by atoms with van der Waals surface area (Å²) in [6.07, 6.45) is 23.3. The van der Waals surface area contributed by atoms with E-state index in [1.807, 2.05) is 0 Å². The van der Waals surface area contributed by atoms with Crippen LogP contribution in [0.4, 0.5) is 0 Å². The van der Waals surface area contributed by atoms with Gasteiger partial charge in [0.25, 0.3) is 0 Å². The van der Waals surface area contributed by atoms with Gasteiger partial charge in [-0.05, 0) is 12.8 Å². The molecule has 0 aromatic heterocycles. The summed E-state index contributed by atoms with van der Waals surface area (Å²) in [6.45, 7) is 4.41.